The lowest BCUT2D eigenvalue weighted by atomic mass is 10.1. The topological polar surface area (TPSA) is 34.4 Å². The van der Waals surface area contributed by atoms with Crippen LogP contribution in [0.4, 0.5) is 5.69 Å². The Bertz CT molecular complexity index is 505. The second-order valence-corrected chi connectivity index (χ2v) is 6.62. The highest BCUT2D eigenvalue weighted by Gasteiger charge is 2.40. The Hall–Kier alpha value is -1.46. The molecule has 0 amide bonds. The van der Waals surface area contributed by atoms with E-state index >= 15 is 0 Å². The minimum absolute atomic E-state index is 0.274. The van der Waals surface area contributed by atoms with E-state index in [1.165, 1.54) is 51.9 Å². The Balaban J connectivity index is 1.55. The van der Waals surface area contributed by atoms with E-state index in [1.807, 2.05) is 0 Å². The van der Waals surface area contributed by atoms with E-state index in [1.54, 1.807) is 0 Å². The van der Waals surface area contributed by atoms with Crippen LogP contribution < -0.4 is 5.01 Å². The van der Waals surface area contributed by atoms with Crippen LogP contribution in [-0.4, -0.2) is 54.7 Å². The molecule has 0 aromatic heterocycles. The maximum absolute atomic E-state index is 4.65. The summed E-state index contributed by atoms with van der Waals surface area (Å²) in [4.78, 5) is 5.13. The summed E-state index contributed by atoms with van der Waals surface area (Å²) in [5.41, 5.74) is 1.16. The number of hydrogen-bond acceptors (Lipinski definition) is 5. The predicted octanol–water partition coefficient (Wildman–Crippen LogP) is 2.76. The molecule has 3 aliphatic rings. The van der Waals surface area contributed by atoms with Gasteiger partial charge in [0.25, 0.3) is 0 Å². The molecule has 4 rings (SSSR count). The lowest BCUT2D eigenvalue weighted by Gasteiger charge is -2.34. The van der Waals surface area contributed by atoms with Crippen molar-refractivity contribution in [1.29, 1.82) is 0 Å². The van der Waals surface area contributed by atoms with Gasteiger partial charge in [0.05, 0.1) is 5.69 Å². The van der Waals surface area contributed by atoms with Crippen LogP contribution in [0.3, 0.4) is 0 Å². The summed E-state index contributed by atoms with van der Waals surface area (Å²) in [6.45, 7) is 5.85. The highest BCUT2D eigenvalue weighted by molar-refractivity contribution is 5.47. The lowest BCUT2D eigenvalue weighted by molar-refractivity contribution is 0.193. The molecule has 5 heteroatoms. The Morgan fingerprint density at radius 2 is 1.59 bits per heavy atom. The van der Waals surface area contributed by atoms with Crippen LogP contribution in [0.15, 0.2) is 40.7 Å². The first-order valence-electron chi connectivity index (χ1n) is 8.63. The maximum Gasteiger partial charge on any atom is 0.132 e. The number of benzene rings is 1. The van der Waals surface area contributed by atoms with Crippen molar-refractivity contribution in [3.05, 3.63) is 30.3 Å². The van der Waals surface area contributed by atoms with Crippen LogP contribution in [0.1, 0.15) is 25.7 Å². The largest absolute Gasteiger partial charge is 0.301 e. The molecule has 0 aliphatic carbocycles. The van der Waals surface area contributed by atoms with Crippen molar-refractivity contribution < 1.29 is 0 Å². The highest BCUT2D eigenvalue weighted by atomic mass is 15.7. The van der Waals surface area contributed by atoms with Gasteiger partial charge in [-0.05, 0) is 50.9 Å². The third kappa shape index (κ3) is 2.75. The van der Waals surface area contributed by atoms with Crippen LogP contribution in [0.25, 0.3) is 0 Å². The molecule has 22 heavy (non-hydrogen) atoms. The zero-order valence-electron chi connectivity index (χ0n) is 13.1. The summed E-state index contributed by atoms with van der Waals surface area (Å²) >= 11 is 0. The molecule has 5 nitrogen and oxygen atoms in total. The van der Waals surface area contributed by atoms with Gasteiger partial charge in [-0.2, -0.15) is 5.11 Å². The number of rotatable bonds is 4. The SMILES string of the molecule is c1ccc(N2N=NC(CN3CCCC3)C2N2CCCC2)cc1. The van der Waals surface area contributed by atoms with Crippen LogP contribution >= 0.6 is 0 Å². The standard InChI is InChI=1S/C17H25N5/c1-2-8-15(9-3-1)22-17(21-12-6-7-13-21)16(18-19-22)14-20-10-4-5-11-20/h1-3,8-9,16-17H,4-7,10-14H2. The fourth-order valence-corrected chi connectivity index (χ4v) is 3.95. The monoisotopic (exact) mass is 299 g/mol. The predicted molar refractivity (Wildman–Crippen MR) is 87.8 cm³/mol. The third-order valence-electron chi connectivity index (χ3n) is 5.07. The first-order valence-corrected chi connectivity index (χ1v) is 8.63. The molecule has 2 saturated heterocycles. The summed E-state index contributed by atoms with van der Waals surface area (Å²) in [5.74, 6) is 0. The van der Waals surface area contributed by atoms with Gasteiger partial charge in [-0.3, -0.25) is 4.90 Å². The Labute approximate surface area is 132 Å². The number of hydrogen-bond donors (Lipinski definition) is 0. The average Bonchev–Trinajstić information content (AvgIpc) is 3.30. The van der Waals surface area contributed by atoms with Gasteiger partial charge in [-0.15, -0.1) is 0 Å². The number of likely N-dealkylation sites (tertiary alicyclic amines) is 2. The summed E-state index contributed by atoms with van der Waals surface area (Å²) in [6, 6.07) is 10.8. The first kappa shape index (κ1) is 14.2. The molecule has 0 N–H and O–H groups in total. The second-order valence-electron chi connectivity index (χ2n) is 6.62. The number of para-hydroxylation sites is 1. The molecule has 0 radical (unpaired) electrons. The van der Waals surface area contributed by atoms with Crippen molar-refractivity contribution in [1.82, 2.24) is 9.80 Å². The Kier molecular flexibility index (Phi) is 4.08. The normalized spacial score (nSPS) is 29.7. The van der Waals surface area contributed by atoms with Gasteiger partial charge in [0, 0.05) is 19.6 Å². The van der Waals surface area contributed by atoms with Gasteiger partial charge in [-0.25, -0.2) is 5.01 Å². The van der Waals surface area contributed by atoms with Crippen molar-refractivity contribution in [2.24, 2.45) is 10.3 Å². The maximum atomic E-state index is 4.65. The van der Waals surface area contributed by atoms with E-state index < -0.39 is 0 Å². The molecule has 2 atom stereocenters. The van der Waals surface area contributed by atoms with Gasteiger partial charge >= 0.3 is 0 Å². The van der Waals surface area contributed by atoms with Crippen LogP contribution in [-0.2, 0) is 0 Å². The molecule has 0 saturated carbocycles. The molecule has 0 spiro atoms. The number of anilines is 1. The Morgan fingerprint density at radius 1 is 0.909 bits per heavy atom. The van der Waals surface area contributed by atoms with Crippen LogP contribution in [0.5, 0.6) is 0 Å². The van der Waals surface area contributed by atoms with Crippen LogP contribution in [0.2, 0.25) is 0 Å². The summed E-state index contributed by atoms with van der Waals surface area (Å²) in [7, 11) is 0. The van der Waals surface area contributed by atoms with Crippen molar-refractivity contribution in [3.63, 3.8) is 0 Å². The second kappa shape index (κ2) is 6.34. The quantitative estimate of drug-likeness (QED) is 0.857. The van der Waals surface area contributed by atoms with E-state index in [0.717, 1.165) is 12.2 Å². The van der Waals surface area contributed by atoms with Gasteiger partial charge in [0.2, 0.25) is 0 Å². The van der Waals surface area contributed by atoms with Crippen molar-refractivity contribution in [2.45, 2.75) is 37.9 Å². The molecule has 3 heterocycles. The fourth-order valence-electron chi connectivity index (χ4n) is 3.95. The lowest BCUT2D eigenvalue weighted by Crippen LogP contribution is -2.51. The Morgan fingerprint density at radius 3 is 2.32 bits per heavy atom. The number of nitrogens with zero attached hydrogens (tertiary/aromatic N) is 5. The van der Waals surface area contributed by atoms with Gasteiger partial charge in [0.15, 0.2) is 0 Å². The van der Waals surface area contributed by atoms with E-state index in [4.69, 9.17) is 0 Å². The minimum atomic E-state index is 0.274. The molecule has 1 aromatic rings. The van der Waals surface area contributed by atoms with E-state index in [-0.39, 0.29) is 6.04 Å². The van der Waals surface area contributed by atoms with Gasteiger partial charge < -0.3 is 4.90 Å². The average molecular weight is 299 g/mol. The minimum Gasteiger partial charge on any atom is -0.301 e. The van der Waals surface area contributed by atoms with Crippen LogP contribution in [0, 0.1) is 0 Å². The van der Waals surface area contributed by atoms with Gasteiger partial charge in [-0.1, -0.05) is 23.4 Å². The van der Waals surface area contributed by atoms with Crippen molar-refractivity contribution >= 4 is 5.69 Å². The van der Waals surface area contributed by atoms with E-state index in [2.05, 4.69) is 55.5 Å². The third-order valence-corrected chi connectivity index (χ3v) is 5.07. The smallest absolute Gasteiger partial charge is 0.132 e. The summed E-state index contributed by atoms with van der Waals surface area (Å²) < 4.78 is 0. The molecule has 2 fully saturated rings. The first-order chi connectivity index (χ1) is 10.9. The van der Waals surface area contributed by atoms with Crippen molar-refractivity contribution in [2.75, 3.05) is 37.7 Å². The zero-order valence-corrected chi connectivity index (χ0v) is 13.1. The zero-order chi connectivity index (χ0) is 14.8. The molecule has 0 bridgehead atoms. The molecule has 118 valence electrons. The van der Waals surface area contributed by atoms with Crippen molar-refractivity contribution in [3.8, 4) is 0 Å². The molecular weight excluding hydrogens is 274 g/mol. The summed E-state index contributed by atoms with van der Waals surface area (Å²) in [6.07, 6.45) is 5.57. The van der Waals surface area contributed by atoms with E-state index in [0.29, 0.717) is 6.17 Å². The van der Waals surface area contributed by atoms with Gasteiger partial charge in [0.1, 0.15) is 12.2 Å². The molecule has 1 aromatic carbocycles. The molecule has 3 aliphatic heterocycles. The van der Waals surface area contributed by atoms with E-state index in [9.17, 15) is 0 Å². The highest BCUT2D eigenvalue weighted by Crippen LogP contribution is 2.30. The molecule has 2 unspecified atom stereocenters. The summed E-state index contributed by atoms with van der Waals surface area (Å²) in [5, 5.41) is 11.3. The fraction of sp³-hybridized carbons (Fsp3) is 0.647. The molecular formula is C17H25N5.